The Morgan fingerprint density at radius 2 is 1.41 bits per heavy atom. The van der Waals surface area contributed by atoms with Crippen molar-refractivity contribution in [3.8, 4) is 11.1 Å². The van der Waals surface area contributed by atoms with E-state index in [1.165, 1.54) is 71.2 Å². The highest BCUT2D eigenvalue weighted by molar-refractivity contribution is 6.33. The van der Waals surface area contributed by atoms with Crippen molar-refractivity contribution in [1.29, 1.82) is 0 Å². The lowest BCUT2D eigenvalue weighted by Gasteiger charge is -2.18. The molecule has 0 aliphatic heterocycles. The summed E-state index contributed by atoms with van der Waals surface area (Å²) in [6.45, 7) is 2.30. The second kappa shape index (κ2) is 7.72. The number of benzene rings is 5. The molecule has 0 fully saturated rings. The van der Waals surface area contributed by atoms with Crippen molar-refractivity contribution in [2.45, 2.75) is 13.3 Å². The van der Waals surface area contributed by atoms with E-state index in [2.05, 4.69) is 132 Å². The number of fused-ring (bicyclic) bond motifs is 10. The van der Waals surface area contributed by atoms with Crippen LogP contribution in [0.15, 0.2) is 115 Å². The summed E-state index contributed by atoms with van der Waals surface area (Å²) in [6.07, 6.45) is 7.85. The van der Waals surface area contributed by atoms with E-state index in [1.54, 1.807) is 0 Å². The molecular weight excluding hydrogens is 448 g/mol. The maximum absolute atomic E-state index is 3.94. The van der Waals surface area contributed by atoms with Crippen LogP contribution in [0, 0.1) is 5.92 Å². The molecule has 0 saturated heterocycles. The predicted molar refractivity (Wildman–Crippen MR) is 161 cm³/mol. The maximum atomic E-state index is 3.94. The van der Waals surface area contributed by atoms with Crippen LogP contribution in [0.3, 0.4) is 0 Å². The van der Waals surface area contributed by atoms with Gasteiger partial charge in [0.05, 0.1) is 22.1 Å². The summed E-state index contributed by atoms with van der Waals surface area (Å²) in [4.78, 5) is 3.94. The second-order valence-corrected chi connectivity index (χ2v) is 10.3. The van der Waals surface area contributed by atoms with Gasteiger partial charge in [0.25, 0.3) is 0 Å². The van der Waals surface area contributed by atoms with Gasteiger partial charge in [-0.2, -0.15) is 0 Å². The van der Waals surface area contributed by atoms with Crippen LogP contribution in [0.4, 0.5) is 0 Å². The number of aromatic amines is 1. The van der Waals surface area contributed by atoms with Gasteiger partial charge in [-0.25, -0.2) is 0 Å². The third-order valence-corrected chi connectivity index (χ3v) is 8.04. The Kier molecular flexibility index (Phi) is 4.30. The summed E-state index contributed by atoms with van der Waals surface area (Å²) >= 11 is 0. The van der Waals surface area contributed by atoms with Gasteiger partial charge in [-0.1, -0.05) is 104 Å². The fourth-order valence-electron chi connectivity index (χ4n) is 6.39. The molecule has 2 nitrogen and oxygen atoms in total. The van der Waals surface area contributed by atoms with E-state index in [0.29, 0.717) is 5.92 Å². The fraction of sp³-hybridized carbons (Fsp3) is 0.0857. The monoisotopic (exact) mass is 476 g/mol. The summed E-state index contributed by atoms with van der Waals surface area (Å²) in [5.41, 5.74) is 8.81. The molecule has 1 aliphatic carbocycles. The lowest BCUT2D eigenvalue weighted by molar-refractivity contribution is 0.730. The zero-order valence-electron chi connectivity index (χ0n) is 20.7. The minimum absolute atomic E-state index is 0. The Bertz CT molecular complexity index is 2070. The number of hydrogen-bond donors (Lipinski definition) is 1. The van der Waals surface area contributed by atoms with Gasteiger partial charge in [0.15, 0.2) is 0 Å². The zero-order valence-corrected chi connectivity index (χ0v) is 20.7. The van der Waals surface area contributed by atoms with Gasteiger partial charge < -0.3 is 9.55 Å². The molecule has 0 bridgehead atoms. The molecule has 0 radical (unpaired) electrons. The van der Waals surface area contributed by atoms with Gasteiger partial charge in [0.1, 0.15) is 0 Å². The van der Waals surface area contributed by atoms with Gasteiger partial charge >= 0.3 is 0 Å². The van der Waals surface area contributed by atoms with Crippen LogP contribution < -0.4 is 0 Å². The number of H-pyrrole nitrogens is 1. The molecule has 8 rings (SSSR count). The summed E-state index contributed by atoms with van der Waals surface area (Å²) in [5.74, 6) is 0.513. The average Bonchev–Trinajstić information content (AvgIpc) is 3.49. The van der Waals surface area contributed by atoms with Gasteiger partial charge in [-0.05, 0) is 57.8 Å². The van der Waals surface area contributed by atoms with E-state index in [-0.39, 0.29) is 1.43 Å². The van der Waals surface area contributed by atoms with Crippen molar-refractivity contribution in [2.75, 3.05) is 0 Å². The number of rotatable bonds is 2. The summed E-state index contributed by atoms with van der Waals surface area (Å²) in [6, 6.07) is 35.3. The van der Waals surface area contributed by atoms with Crippen LogP contribution in [0.5, 0.6) is 0 Å². The van der Waals surface area contributed by atoms with Gasteiger partial charge in [-0.15, -0.1) is 0 Å². The quantitative estimate of drug-likeness (QED) is 0.240. The van der Waals surface area contributed by atoms with Crippen LogP contribution >= 0.6 is 0 Å². The molecular formula is C35H28N2. The lowest BCUT2D eigenvalue weighted by atomic mass is 9.97. The Hall–Kier alpha value is -4.56. The second-order valence-electron chi connectivity index (χ2n) is 10.3. The molecule has 2 heterocycles. The normalized spacial score (nSPS) is 15.9. The van der Waals surface area contributed by atoms with Crippen LogP contribution in [-0.4, -0.2) is 9.55 Å². The molecule has 1 atom stereocenters. The minimum Gasteiger partial charge on any atom is -0.352 e. The molecule has 1 N–H and O–H groups in total. The fourth-order valence-corrected chi connectivity index (χ4v) is 6.39. The molecule has 5 aromatic carbocycles. The van der Waals surface area contributed by atoms with Crippen molar-refractivity contribution < 1.29 is 1.43 Å². The Balaban J connectivity index is 0.00000242. The van der Waals surface area contributed by atoms with Crippen molar-refractivity contribution in [2.24, 2.45) is 5.92 Å². The van der Waals surface area contributed by atoms with E-state index in [4.69, 9.17) is 0 Å². The summed E-state index contributed by atoms with van der Waals surface area (Å²) in [5, 5.41) is 7.75. The van der Waals surface area contributed by atoms with E-state index in [0.717, 1.165) is 6.42 Å². The lowest BCUT2D eigenvalue weighted by Crippen LogP contribution is -2.04. The van der Waals surface area contributed by atoms with Gasteiger partial charge in [0, 0.05) is 23.3 Å². The average molecular weight is 477 g/mol. The van der Waals surface area contributed by atoms with E-state index < -0.39 is 0 Å². The predicted octanol–water partition coefficient (Wildman–Crippen LogP) is 9.93. The minimum atomic E-state index is 0. The number of aromatic nitrogens is 2. The first-order valence-corrected chi connectivity index (χ1v) is 13.1. The summed E-state index contributed by atoms with van der Waals surface area (Å²) < 4.78 is 2.53. The molecule has 7 aromatic rings. The Labute approximate surface area is 216 Å². The van der Waals surface area contributed by atoms with Crippen LogP contribution in [0.25, 0.3) is 71.2 Å². The highest BCUT2D eigenvalue weighted by Gasteiger charge is 2.23. The van der Waals surface area contributed by atoms with E-state index >= 15 is 0 Å². The standard InChI is InChI=1S/C35H26N2.H2/c1-22-10-9-13-25(20-22)37-31-19-18-24(23-11-3-2-4-12-23)21-30(31)34-35(37)32-28-16-7-5-14-26(28)27-15-6-8-17-29(27)33(32)36-34;/h2-19,21-22,36H,20H2,1H3;1H. The van der Waals surface area contributed by atoms with Crippen LogP contribution in [-0.2, 0) is 0 Å². The topological polar surface area (TPSA) is 20.7 Å². The largest absolute Gasteiger partial charge is 0.352 e. The first kappa shape index (κ1) is 20.6. The first-order chi connectivity index (χ1) is 18.3. The molecule has 37 heavy (non-hydrogen) atoms. The van der Waals surface area contributed by atoms with E-state index in [9.17, 15) is 0 Å². The number of hydrogen-bond acceptors (Lipinski definition) is 0. The third kappa shape index (κ3) is 2.93. The third-order valence-electron chi connectivity index (χ3n) is 8.04. The maximum Gasteiger partial charge on any atom is 0.0801 e. The molecule has 2 heteroatoms. The molecule has 0 spiro atoms. The van der Waals surface area contributed by atoms with Crippen LogP contribution in [0.1, 0.15) is 14.8 Å². The molecule has 0 saturated carbocycles. The summed E-state index contributed by atoms with van der Waals surface area (Å²) in [7, 11) is 0. The Morgan fingerprint density at radius 3 is 2.19 bits per heavy atom. The highest BCUT2D eigenvalue weighted by atomic mass is 15.0. The van der Waals surface area contributed by atoms with E-state index in [1.807, 2.05) is 0 Å². The van der Waals surface area contributed by atoms with Crippen molar-refractivity contribution in [1.82, 2.24) is 9.55 Å². The smallest absolute Gasteiger partial charge is 0.0801 e. The molecule has 1 unspecified atom stereocenters. The first-order valence-electron chi connectivity index (χ1n) is 13.1. The van der Waals surface area contributed by atoms with Crippen molar-refractivity contribution in [3.63, 3.8) is 0 Å². The Morgan fingerprint density at radius 1 is 0.703 bits per heavy atom. The van der Waals surface area contributed by atoms with Gasteiger partial charge in [-0.3, -0.25) is 0 Å². The van der Waals surface area contributed by atoms with Crippen molar-refractivity contribution in [3.05, 3.63) is 115 Å². The van der Waals surface area contributed by atoms with Crippen LogP contribution in [0.2, 0.25) is 0 Å². The molecule has 0 amide bonds. The van der Waals surface area contributed by atoms with Crippen molar-refractivity contribution >= 4 is 60.1 Å². The molecule has 1 aliphatic rings. The number of allylic oxidation sites excluding steroid dienone is 4. The zero-order chi connectivity index (χ0) is 24.5. The molecule has 178 valence electrons. The van der Waals surface area contributed by atoms with Gasteiger partial charge in [0.2, 0.25) is 0 Å². The number of nitrogens with one attached hydrogen (secondary N) is 1. The highest BCUT2D eigenvalue weighted by Crippen LogP contribution is 2.44. The SMILES string of the molecule is CC1C=CC=C(n2c3ccc(-c4ccccc4)cc3c3[nH]c4c5ccccc5c5ccccc5c4c32)C1.[HH]. The molecule has 2 aromatic heterocycles. The number of nitrogens with zero attached hydrogens (tertiary/aromatic N) is 1.